The van der Waals surface area contributed by atoms with E-state index < -0.39 is 18.2 Å². The Morgan fingerprint density at radius 1 is 1.47 bits per heavy atom. The van der Waals surface area contributed by atoms with Crippen LogP contribution in [0.4, 0.5) is 0 Å². The highest BCUT2D eigenvalue weighted by molar-refractivity contribution is 7.16. The highest BCUT2D eigenvalue weighted by Crippen LogP contribution is 2.27. The van der Waals surface area contributed by atoms with Crippen LogP contribution < -0.4 is 5.32 Å². The molecule has 0 bridgehead atoms. The highest BCUT2D eigenvalue weighted by atomic mass is 35.5. The quantitative estimate of drug-likeness (QED) is 0.894. The van der Waals surface area contributed by atoms with Crippen molar-refractivity contribution in [2.24, 2.45) is 0 Å². The van der Waals surface area contributed by atoms with Crippen LogP contribution in [-0.4, -0.2) is 29.2 Å². The molecule has 7 heteroatoms. The Labute approximate surface area is 119 Å². The molecule has 1 aromatic heterocycles. The first-order valence-electron chi connectivity index (χ1n) is 5.91. The molecule has 0 radical (unpaired) electrons. The maximum Gasteiger partial charge on any atom is 0.332 e. The molecule has 0 aliphatic carbocycles. The lowest BCUT2D eigenvalue weighted by Crippen LogP contribution is -2.36. The van der Waals surface area contributed by atoms with Gasteiger partial charge in [0.25, 0.3) is 0 Å². The van der Waals surface area contributed by atoms with Gasteiger partial charge in [-0.05, 0) is 31.9 Å². The summed E-state index contributed by atoms with van der Waals surface area (Å²) in [4.78, 5) is 23.6. The average molecular weight is 304 g/mol. The van der Waals surface area contributed by atoms with Crippen LogP contribution in [0.25, 0.3) is 0 Å². The largest absolute Gasteiger partial charge is 0.479 e. The molecule has 1 aliphatic rings. The molecule has 0 saturated carbocycles. The minimum absolute atomic E-state index is 0.169. The predicted molar refractivity (Wildman–Crippen MR) is 71.4 cm³/mol. The number of carboxylic acids is 1. The molecule has 1 fully saturated rings. The molecule has 2 N–H and O–H groups in total. The summed E-state index contributed by atoms with van der Waals surface area (Å²) in [5.41, 5.74) is 0. The topological polar surface area (TPSA) is 75.6 Å². The van der Waals surface area contributed by atoms with Gasteiger partial charge in [-0.3, -0.25) is 4.79 Å². The van der Waals surface area contributed by atoms with E-state index in [0.29, 0.717) is 17.2 Å². The van der Waals surface area contributed by atoms with Gasteiger partial charge in [-0.1, -0.05) is 11.6 Å². The number of carboxylic acid groups (broad SMARTS) is 1. The van der Waals surface area contributed by atoms with Crippen molar-refractivity contribution in [1.82, 2.24) is 5.32 Å². The second-order valence-electron chi connectivity index (χ2n) is 4.40. The van der Waals surface area contributed by atoms with Crippen molar-refractivity contribution >= 4 is 34.8 Å². The van der Waals surface area contributed by atoms with Crippen LogP contribution in [0.5, 0.6) is 0 Å². The van der Waals surface area contributed by atoms with Crippen molar-refractivity contribution in [1.29, 1.82) is 0 Å². The number of rotatable bonds is 4. The SMILES string of the molecule is CC(NC(=O)C1CCC(C(=O)O)O1)c1ccc(Cl)s1. The van der Waals surface area contributed by atoms with Crippen LogP contribution in [0.3, 0.4) is 0 Å². The van der Waals surface area contributed by atoms with Crippen molar-refractivity contribution in [2.75, 3.05) is 0 Å². The molecular weight excluding hydrogens is 290 g/mol. The summed E-state index contributed by atoms with van der Waals surface area (Å²) in [6.45, 7) is 1.85. The van der Waals surface area contributed by atoms with Gasteiger partial charge in [0, 0.05) is 4.88 Å². The zero-order valence-corrected chi connectivity index (χ0v) is 11.8. The number of hydrogen-bond acceptors (Lipinski definition) is 4. The van der Waals surface area contributed by atoms with Gasteiger partial charge in [0.1, 0.15) is 6.10 Å². The Morgan fingerprint density at radius 3 is 2.68 bits per heavy atom. The summed E-state index contributed by atoms with van der Waals surface area (Å²) in [7, 11) is 0. The molecule has 19 heavy (non-hydrogen) atoms. The molecule has 1 amide bonds. The Morgan fingerprint density at radius 2 is 2.16 bits per heavy atom. The first kappa shape index (κ1) is 14.3. The van der Waals surface area contributed by atoms with E-state index in [1.54, 1.807) is 6.07 Å². The van der Waals surface area contributed by atoms with Gasteiger partial charge < -0.3 is 15.2 Å². The molecule has 2 rings (SSSR count). The molecule has 1 aromatic rings. The Balaban J connectivity index is 1.89. The molecule has 104 valence electrons. The zero-order valence-electron chi connectivity index (χ0n) is 10.3. The predicted octanol–water partition coefficient (Wildman–Crippen LogP) is 2.21. The van der Waals surface area contributed by atoms with E-state index >= 15 is 0 Å². The van der Waals surface area contributed by atoms with Crippen molar-refractivity contribution in [2.45, 2.75) is 38.0 Å². The van der Waals surface area contributed by atoms with Crippen molar-refractivity contribution in [3.8, 4) is 0 Å². The maximum absolute atomic E-state index is 11.9. The number of halogens is 1. The van der Waals surface area contributed by atoms with Crippen LogP contribution in [0.2, 0.25) is 4.34 Å². The van der Waals surface area contributed by atoms with Crippen LogP contribution >= 0.6 is 22.9 Å². The third-order valence-corrected chi connectivity index (χ3v) is 4.38. The van der Waals surface area contributed by atoms with Crippen molar-refractivity contribution < 1.29 is 19.4 Å². The third kappa shape index (κ3) is 3.46. The van der Waals surface area contributed by atoms with Crippen LogP contribution in [0.15, 0.2) is 12.1 Å². The van der Waals surface area contributed by atoms with Gasteiger partial charge in [0.05, 0.1) is 10.4 Å². The minimum Gasteiger partial charge on any atom is -0.479 e. The summed E-state index contributed by atoms with van der Waals surface area (Å²) in [6.07, 6.45) is -0.755. The normalized spacial score (nSPS) is 24.1. The second-order valence-corrected chi connectivity index (χ2v) is 6.15. The van der Waals surface area contributed by atoms with Gasteiger partial charge in [-0.25, -0.2) is 4.79 Å². The smallest absolute Gasteiger partial charge is 0.332 e. The van der Waals surface area contributed by atoms with Crippen molar-refractivity contribution in [3.05, 3.63) is 21.3 Å². The molecule has 0 spiro atoms. The van der Waals surface area contributed by atoms with Gasteiger partial charge in [-0.2, -0.15) is 0 Å². The number of hydrogen-bond donors (Lipinski definition) is 2. The van der Waals surface area contributed by atoms with E-state index in [1.165, 1.54) is 11.3 Å². The van der Waals surface area contributed by atoms with Crippen LogP contribution in [-0.2, 0) is 14.3 Å². The molecule has 3 unspecified atom stereocenters. The monoisotopic (exact) mass is 303 g/mol. The van der Waals surface area contributed by atoms with Crippen LogP contribution in [0.1, 0.15) is 30.7 Å². The summed E-state index contributed by atoms with van der Waals surface area (Å²) in [5.74, 6) is -1.30. The number of ether oxygens (including phenoxy) is 1. The molecule has 3 atom stereocenters. The summed E-state index contributed by atoms with van der Waals surface area (Å²) in [5, 5.41) is 11.6. The van der Waals surface area contributed by atoms with Crippen LogP contribution in [0, 0.1) is 0 Å². The van der Waals surface area contributed by atoms with Gasteiger partial charge >= 0.3 is 5.97 Å². The highest BCUT2D eigenvalue weighted by Gasteiger charge is 2.35. The molecule has 1 saturated heterocycles. The first-order chi connectivity index (χ1) is 8.97. The second kappa shape index (κ2) is 5.90. The standard InChI is InChI=1S/C12H14ClNO4S/c1-6(9-4-5-10(13)19-9)14-11(15)7-2-3-8(18-7)12(16)17/h4-8H,2-3H2,1H3,(H,14,15)(H,16,17). The fourth-order valence-electron chi connectivity index (χ4n) is 1.95. The fraction of sp³-hybridized carbons (Fsp3) is 0.500. The first-order valence-corrected chi connectivity index (χ1v) is 7.10. The number of carbonyl (C=O) groups is 2. The number of nitrogens with one attached hydrogen (secondary N) is 1. The van der Waals surface area contributed by atoms with E-state index in [2.05, 4.69) is 5.32 Å². The summed E-state index contributed by atoms with van der Waals surface area (Å²) >= 11 is 7.24. The number of thiophene rings is 1. The molecule has 5 nitrogen and oxygen atoms in total. The lowest BCUT2D eigenvalue weighted by molar-refractivity contribution is -0.151. The van der Waals surface area contributed by atoms with E-state index in [-0.39, 0.29) is 11.9 Å². The van der Waals surface area contributed by atoms with Gasteiger partial charge in [0.2, 0.25) is 5.91 Å². The lowest BCUT2D eigenvalue weighted by Gasteiger charge is -2.16. The van der Waals surface area contributed by atoms with Gasteiger partial charge in [-0.15, -0.1) is 11.3 Å². The Hall–Kier alpha value is -1.11. The molecule has 0 aromatic carbocycles. The van der Waals surface area contributed by atoms with E-state index in [1.807, 2.05) is 13.0 Å². The number of aliphatic carboxylic acids is 1. The fourth-order valence-corrected chi connectivity index (χ4v) is 3.01. The average Bonchev–Trinajstić information content (AvgIpc) is 2.96. The summed E-state index contributed by atoms with van der Waals surface area (Å²) < 4.78 is 5.86. The van der Waals surface area contributed by atoms with E-state index in [9.17, 15) is 9.59 Å². The molecule has 2 heterocycles. The van der Waals surface area contributed by atoms with Gasteiger partial charge in [0.15, 0.2) is 6.10 Å². The molecule has 1 aliphatic heterocycles. The molecular formula is C12H14ClNO4S. The Bertz CT molecular complexity index is 490. The number of amides is 1. The number of carbonyl (C=O) groups excluding carboxylic acids is 1. The summed E-state index contributed by atoms with van der Waals surface area (Å²) in [6, 6.07) is 3.46. The Kier molecular flexibility index (Phi) is 4.44. The van der Waals surface area contributed by atoms with E-state index in [0.717, 1.165) is 4.88 Å². The lowest BCUT2D eigenvalue weighted by atomic mass is 10.2. The van der Waals surface area contributed by atoms with Crippen molar-refractivity contribution in [3.63, 3.8) is 0 Å². The van der Waals surface area contributed by atoms with E-state index in [4.69, 9.17) is 21.4 Å². The maximum atomic E-state index is 11.9. The minimum atomic E-state index is -1.02. The zero-order chi connectivity index (χ0) is 14.0. The third-order valence-electron chi connectivity index (χ3n) is 2.97.